The van der Waals surface area contributed by atoms with Crippen LogP contribution in [0.3, 0.4) is 0 Å². The molecule has 0 aliphatic carbocycles. The first-order valence-electron chi connectivity index (χ1n) is 7.28. The molecule has 0 fully saturated rings. The van der Waals surface area contributed by atoms with Gasteiger partial charge < -0.3 is 14.8 Å². The lowest BCUT2D eigenvalue weighted by molar-refractivity contribution is -0.118. The number of carbonyl (C=O) groups is 2. The molecule has 0 aliphatic rings. The van der Waals surface area contributed by atoms with Gasteiger partial charge in [0.1, 0.15) is 5.75 Å². The fourth-order valence-corrected chi connectivity index (χ4v) is 2.37. The molecular weight excluding hydrogens is 330 g/mol. The summed E-state index contributed by atoms with van der Waals surface area (Å²) in [7, 11) is 1.27. The highest BCUT2D eigenvalue weighted by molar-refractivity contribution is 6.33. The molecule has 0 bridgehead atoms. The average molecular weight is 348 g/mol. The highest BCUT2D eigenvalue weighted by atomic mass is 35.5. The maximum Gasteiger partial charge on any atom is 0.339 e. The predicted octanol–water partition coefficient (Wildman–Crippen LogP) is 3.76. The van der Waals surface area contributed by atoms with E-state index in [2.05, 4.69) is 10.1 Å². The molecule has 5 nitrogen and oxygen atoms in total. The van der Waals surface area contributed by atoms with Crippen molar-refractivity contribution in [2.75, 3.05) is 19.0 Å². The summed E-state index contributed by atoms with van der Waals surface area (Å²) in [5.74, 6) is -0.252. The Morgan fingerprint density at radius 2 is 1.88 bits per heavy atom. The first-order chi connectivity index (χ1) is 11.4. The number of nitrogens with one attached hydrogen (secondary N) is 1. The molecular formula is C18H18ClNO4. The molecule has 2 aromatic carbocycles. The van der Waals surface area contributed by atoms with Crippen molar-refractivity contribution in [3.8, 4) is 5.75 Å². The number of hydrogen-bond donors (Lipinski definition) is 1. The maximum absolute atomic E-state index is 12.0. The van der Waals surface area contributed by atoms with Gasteiger partial charge in [0.15, 0.2) is 6.61 Å². The number of aryl methyl sites for hydroxylation is 2. The van der Waals surface area contributed by atoms with E-state index in [9.17, 15) is 9.59 Å². The minimum Gasteiger partial charge on any atom is -0.483 e. The Balaban J connectivity index is 2.01. The van der Waals surface area contributed by atoms with Gasteiger partial charge in [0.25, 0.3) is 5.91 Å². The lowest BCUT2D eigenvalue weighted by Gasteiger charge is -2.11. The Morgan fingerprint density at radius 1 is 1.12 bits per heavy atom. The number of carbonyl (C=O) groups excluding carboxylic acids is 2. The van der Waals surface area contributed by atoms with Crippen LogP contribution in [0.15, 0.2) is 36.4 Å². The highest BCUT2D eigenvalue weighted by Gasteiger charge is 2.13. The van der Waals surface area contributed by atoms with E-state index >= 15 is 0 Å². The molecule has 1 N–H and O–H groups in total. The van der Waals surface area contributed by atoms with Gasteiger partial charge in [0, 0.05) is 5.69 Å². The van der Waals surface area contributed by atoms with Gasteiger partial charge in [-0.15, -0.1) is 0 Å². The topological polar surface area (TPSA) is 64.6 Å². The molecule has 2 rings (SSSR count). The summed E-state index contributed by atoms with van der Waals surface area (Å²) >= 11 is 5.94. The van der Waals surface area contributed by atoms with Crippen molar-refractivity contribution in [1.29, 1.82) is 0 Å². The molecule has 0 unspecified atom stereocenters. The molecule has 0 spiro atoms. The normalized spacial score (nSPS) is 10.2. The van der Waals surface area contributed by atoms with Crippen molar-refractivity contribution in [1.82, 2.24) is 0 Å². The first kappa shape index (κ1) is 17.8. The number of benzene rings is 2. The molecule has 0 aliphatic heterocycles. The number of rotatable bonds is 5. The Bertz CT molecular complexity index is 774. The van der Waals surface area contributed by atoms with Crippen molar-refractivity contribution in [2.24, 2.45) is 0 Å². The minimum absolute atomic E-state index is 0.139. The van der Waals surface area contributed by atoms with Crippen LogP contribution in [0.5, 0.6) is 5.75 Å². The highest BCUT2D eigenvalue weighted by Crippen LogP contribution is 2.22. The van der Waals surface area contributed by atoms with Crippen LogP contribution in [-0.2, 0) is 9.53 Å². The van der Waals surface area contributed by atoms with E-state index in [1.807, 2.05) is 32.0 Å². The van der Waals surface area contributed by atoms with Crippen LogP contribution in [0.4, 0.5) is 5.69 Å². The van der Waals surface area contributed by atoms with Crippen LogP contribution < -0.4 is 10.1 Å². The molecule has 0 saturated carbocycles. The number of esters is 1. The van der Waals surface area contributed by atoms with Crippen molar-refractivity contribution in [3.05, 3.63) is 58.1 Å². The van der Waals surface area contributed by atoms with Gasteiger partial charge in [0.2, 0.25) is 0 Å². The van der Waals surface area contributed by atoms with Crippen LogP contribution in [0.1, 0.15) is 21.5 Å². The lowest BCUT2D eigenvalue weighted by atomic mass is 10.1. The quantitative estimate of drug-likeness (QED) is 0.836. The molecule has 0 heterocycles. The predicted molar refractivity (Wildman–Crippen MR) is 92.8 cm³/mol. The average Bonchev–Trinajstić information content (AvgIpc) is 2.55. The van der Waals surface area contributed by atoms with Gasteiger partial charge in [-0.05, 0) is 43.7 Å². The summed E-state index contributed by atoms with van der Waals surface area (Å²) < 4.78 is 10.2. The number of hydrogen-bond acceptors (Lipinski definition) is 4. The van der Waals surface area contributed by atoms with Gasteiger partial charge in [-0.1, -0.05) is 29.3 Å². The van der Waals surface area contributed by atoms with Gasteiger partial charge in [-0.25, -0.2) is 4.79 Å². The summed E-state index contributed by atoms with van der Waals surface area (Å²) in [5, 5.41) is 2.92. The van der Waals surface area contributed by atoms with E-state index in [1.165, 1.54) is 19.2 Å². The van der Waals surface area contributed by atoms with E-state index in [0.717, 1.165) is 11.1 Å². The standard InChI is InChI=1S/C18H18ClNO4/c1-11-4-7-16(12(2)8-11)24-10-17(21)20-13-5-6-15(19)14(9-13)18(22)23-3/h4-9H,10H2,1-3H3,(H,20,21). The summed E-state index contributed by atoms with van der Waals surface area (Å²) in [5.41, 5.74) is 2.71. The van der Waals surface area contributed by atoms with Crippen LogP contribution >= 0.6 is 11.6 Å². The molecule has 0 atom stereocenters. The summed E-state index contributed by atoms with van der Waals surface area (Å²) in [6.45, 7) is 3.77. The number of amides is 1. The van der Waals surface area contributed by atoms with Crippen molar-refractivity contribution < 1.29 is 19.1 Å². The van der Waals surface area contributed by atoms with E-state index < -0.39 is 5.97 Å². The number of methoxy groups -OCH3 is 1. The number of ether oxygens (including phenoxy) is 2. The molecule has 0 aromatic heterocycles. The molecule has 0 radical (unpaired) electrons. The third-order valence-electron chi connectivity index (χ3n) is 3.34. The molecule has 2 aromatic rings. The monoisotopic (exact) mass is 347 g/mol. The minimum atomic E-state index is -0.567. The van der Waals surface area contributed by atoms with Crippen LogP contribution in [0, 0.1) is 13.8 Å². The molecule has 6 heteroatoms. The third-order valence-corrected chi connectivity index (χ3v) is 3.67. The Hall–Kier alpha value is -2.53. The second kappa shape index (κ2) is 7.84. The second-order valence-corrected chi connectivity index (χ2v) is 5.70. The van der Waals surface area contributed by atoms with Crippen molar-refractivity contribution >= 4 is 29.2 Å². The van der Waals surface area contributed by atoms with Gasteiger partial charge in [0.05, 0.1) is 17.7 Å². The zero-order valence-electron chi connectivity index (χ0n) is 13.7. The van der Waals surface area contributed by atoms with E-state index in [-0.39, 0.29) is 23.1 Å². The zero-order valence-corrected chi connectivity index (χ0v) is 14.4. The van der Waals surface area contributed by atoms with E-state index in [4.69, 9.17) is 16.3 Å². The van der Waals surface area contributed by atoms with Crippen LogP contribution in [0.25, 0.3) is 0 Å². The van der Waals surface area contributed by atoms with E-state index in [1.54, 1.807) is 6.07 Å². The number of halogens is 1. The van der Waals surface area contributed by atoms with Crippen molar-refractivity contribution in [2.45, 2.75) is 13.8 Å². The third kappa shape index (κ3) is 4.49. The molecule has 0 saturated heterocycles. The van der Waals surface area contributed by atoms with Gasteiger partial charge >= 0.3 is 5.97 Å². The first-order valence-corrected chi connectivity index (χ1v) is 7.66. The molecule has 24 heavy (non-hydrogen) atoms. The lowest BCUT2D eigenvalue weighted by Crippen LogP contribution is -2.20. The van der Waals surface area contributed by atoms with Crippen molar-refractivity contribution in [3.63, 3.8) is 0 Å². The summed E-state index contributed by atoms with van der Waals surface area (Å²) in [6, 6.07) is 10.3. The van der Waals surface area contributed by atoms with Gasteiger partial charge in [-0.3, -0.25) is 4.79 Å². The number of anilines is 1. The smallest absolute Gasteiger partial charge is 0.339 e. The van der Waals surface area contributed by atoms with Crippen LogP contribution in [0.2, 0.25) is 5.02 Å². The molecule has 1 amide bonds. The largest absolute Gasteiger partial charge is 0.483 e. The zero-order chi connectivity index (χ0) is 17.7. The van der Waals surface area contributed by atoms with E-state index in [0.29, 0.717) is 11.4 Å². The second-order valence-electron chi connectivity index (χ2n) is 5.29. The fraction of sp³-hybridized carbons (Fsp3) is 0.222. The summed E-state index contributed by atoms with van der Waals surface area (Å²) in [4.78, 5) is 23.6. The molecule has 126 valence electrons. The maximum atomic E-state index is 12.0. The Morgan fingerprint density at radius 3 is 2.54 bits per heavy atom. The Labute approximate surface area is 145 Å². The van der Waals surface area contributed by atoms with Crippen LogP contribution in [-0.4, -0.2) is 25.6 Å². The van der Waals surface area contributed by atoms with Gasteiger partial charge in [-0.2, -0.15) is 0 Å². The fourth-order valence-electron chi connectivity index (χ4n) is 2.17. The Kier molecular flexibility index (Phi) is 5.82. The summed E-state index contributed by atoms with van der Waals surface area (Å²) in [6.07, 6.45) is 0. The SMILES string of the molecule is COC(=O)c1cc(NC(=O)COc2ccc(C)cc2C)ccc1Cl.